The highest BCUT2D eigenvalue weighted by atomic mass is 32.2. The van der Waals surface area contributed by atoms with Gasteiger partial charge in [-0.1, -0.05) is 23.9 Å². The second-order valence-electron chi connectivity index (χ2n) is 4.43. The van der Waals surface area contributed by atoms with Crippen molar-refractivity contribution in [3.05, 3.63) is 48.0 Å². The number of aromatic nitrogens is 2. The Kier molecular flexibility index (Phi) is 4.79. The molecule has 0 aliphatic rings. The fraction of sp³-hybridized carbons (Fsp3) is 0.286. The van der Waals surface area contributed by atoms with Crippen LogP contribution in [0.15, 0.2) is 41.8 Å². The van der Waals surface area contributed by atoms with Crippen molar-refractivity contribution in [2.45, 2.75) is 23.9 Å². The summed E-state index contributed by atoms with van der Waals surface area (Å²) in [5.41, 5.74) is 0.869. The van der Waals surface area contributed by atoms with E-state index in [0.29, 0.717) is 6.54 Å². The van der Waals surface area contributed by atoms with Gasteiger partial charge >= 0.3 is 0 Å². The molecule has 6 heteroatoms. The van der Waals surface area contributed by atoms with Gasteiger partial charge in [-0.15, -0.1) is 0 Å². The van der Waals surface area contributed by atoms with Crippen LogP contribution in [0.25, 0.3) is 0 Å². The molecular weight excluding hydrogens is 277 g/mol. The summed E-state index contributed by atoms with van der Waals surface area (Å²) in [7, 11) is 1.89. The predicted octanol–water partition coefficient (Wildman–Crippen LogP) is 2.36. The zero-order valence-corrected chi connectivity index (χ0v) is 12.2. The van der Waals surface area contributed by atoms with E-state index in [1.54, 1.807) is 18.3 Å². The van der Waals surface area contributed by atoms with Crippen LogP contribution in [0.1, 0.15) is 12.5 Å². The van der Waals surface area contributed by atoms with Crippen molar-refractivity contribution in [1.82, 2.24) is 14.9 Å². The molecule has 1 unspecified atom stereocenters. The monoisotopic (exact) mass is 293 g/mol. The van der Waals surface area contributed by atoms with E-state index in [-0.39, 0.29) is 17.0 Å². The van der Waals surface area contributed by atoms with Crippen LogP contribution < -0.4 is 5.32 Å². The first kappa shape index (κ1) is 14.6. The number of rotatable bonds is 5. The summed E-state index contributed by atoms with van der Waals surface area (Å²) in [4.78, 5) is 16.1. The van der Waals surface area contributed by atoms with E-state index in [1.807, 2.05) is 24.7 Å². The van der Waals surface area contributed by atoms with Crippen molar-refractivity contribution in [1.29, 1.82) is 0 Å². The zero-order valence-electron chi connectivity index (χ0n) is 11.3. The van der Waals surface area contributed by atoms with Crippen LogP contribution >= 0.6 is 11.8 Å². The van der Waals surface area contributed by atoms with Crippen molar-refractivity contribution < 1.29 is 9.18 Å². The molecule has 0 bridgehead atoms. The molecular formula is C14H16FN3OS. The third-order valence-electron chi connectivity index (χ3n) is 2.81. The number of carbonyl (C=O) groups is 1. The fourth-order valence-electron chi connectivity index (χ4n) is 1.61. The number of benzene rings is 1. The molecule has 1 atom stereocenters. The molecule has 0 saturated heterocycles. The van der Waals surface area contributed by atoms with E-state index < -0.39 is 0 Å². The van der Waals surface area contributed by atoms with E-state index in [0.717, 1.165) is 10.7 Å². The molecule has 2 aromatic rings. The third kappa shape index (κ3) is 3.84. The van der Waals surface area contributed by atoms with Gasteiger partial charge in [-0.25, -0.2) is 9.37 Å². The number of halogens is 1. The largest absolute Gasteiger partial charge is 0.351 e. The molecule has 0 spiro atoms. The Labute approximate surface area is 121 Å². The van der Waals surface area contributed by atoms with Gasteiger partial charge in [-0.3, -0.25) is 4.79 Å². The summed E-state index contributed by atoms with van der Waals surface area (Å²) < 4.78 is 14.6. The van der Waals surface area contributed by atoms with Crippen LogP contribution in [0, 0.1) is 5.82 Å². The lowest BCUT2D eigenvalue weighted by atomic mass is 10.2. The standard InChI is InChI=1S/C14H16FN3OS/c1-10(20-14-16-7-8-18(14)2)13(19)17-9-11-3-5-12(15)6-4-11/h3-8,10H,9H2,1-2H3,(H,17,19). The van der Waals surface area contributed by atoms with Crippen LogP contribution in [0.4, 0.5) is 4.39 Å². The summed E-state index contributed by atoms with van der Waals surface area (Å²) in [5.74, 6) is -0.346. The lowest BCUT2D eigenvalue weighted by Crippen LogP contribution is -2.30. The van der Waals surface area contributed by atoms with Gasteiger partial charge in [-0.2, -0.15) is 0 Å². The first-order valence-corrected chi connectivity index (χ1v) is 7.10. The number of nitrogens with zero attached hydrogens (tertiary/aromatic N) is 2. The summed E-state index contributed by atoms with van der Waals surface area (Å²) in [5, 5.41) is 3.39. The van der Waals surface area contributed by atoms with Crippen molar-refractivity contribution in [2.24, 2.45) is 7.05 Å². The van der Waals surface area contributed by atoms with Crippen LogP contribution in [-0.4, -0.2) is 20.7 Å². The van der Waals surface area contributed by atoms with E-state index in [2.05, 4.69) is 10.3 Å². The SMILES string of the molecule is CC(Sc1nccn1C)C(=O)NCc1ccc(F)cc1. The molecule has 0 radical (unpaired) electrons. The molecule has 2 rings (SSSR count). The number of hydrogen-bond donors (Lipinski definition) is 1. The molecule has 1 amide bonds. The lowest BCUT2D eigenvalue weighted by Gasteiger charge is -2.11. The average molecular weight is 293 g/mol. The first-order valence-electron chi connectivity index (χ1n) is 6.22. The van der Waals surface area contributed by atoms with E-state index in [4.69, 9.17) is 0 Å². The molecule has 0 aliphatic carbocycles. The molecule has 106 valence electrons. The molecule has 4 nitrogen and oxygen atoms in total. The summed E-state index contributed by atoms with van der Waals surface area (Å²) in [6.45, 7) is 2.23. The maximum atomic E-state index is 12.8. The lowest BCUT2D eigenvalue weighted by molar-refractivity contribution is -0.120. The van der Waals surface area contributed by atoms with E-state index in [9.17, 15) is 9.18 Å². The summed E-state index contributed by atoms with van der Waals surface area (Å²) in [6, 6.07) is 6.08. The Morgan fingerprint density at radius 1 is 1.45 bits per heavy atom. The van der Waals surface area contributed by atoms with Crippen molar-refractivity contribution in [3.8, 4) is 0 Å². The normalized spacial score (nSPS) is 12.2. The number of amides is 1. The van der Waals surface area contributed by atoms with Crippen LogP contribution in [0.2, 0.25) is 0 Å². The number of carbonyl (C=O) groups excluding carboxylic acids is 1. The molecule has 1 aromatic heterocycles. The highest BCUT2D eigenvalue weighted by Crippen LogP contribution is 2.20. The number of aryl methyl sites for hydroxylation is 1. The Hall–Kier alpha value is -1.82. The van der Waals surface area contributed by atoms with Gasteiger partial charge in [0, 0.05) is 26.0 Å². The highest BCUT2D eigenvalue weighted by Gasteiger charge is 2.16. The molecule has 1 N–H and O–H groups in total. The number of imidazole rings is 1. The van der Waals surface area contributed by atoms with Crippen LogP contribution in [0.3, 0.4) is 0 Å². The maximum absolute atomic E-state index is 12.8. The second-order valence-corrected chi connectivity index (χ2v) is 5.73. The quantitative estimate of drug-likeness (QED) is 0.861. The van der Waals surface area contributed by atoms with Gasteiger partial charge in [-0.05, 0) is 24.6 Å². The molecule has 0 saturated carbocycles. The summed E-state index contributed by atoms with van der Waals surface area (Å²) in [6.07, 6.45) is 3.54. The van der Waals surface area contributed by atoms with E-state index in [1.165, 1.54) is 23.9 Å². The first-order chi connectivity index (χ1) is 9.56. The molecule has 1 heterocycles. The van der Waals surface area contributed by atoms with Crippen LogP contribution in [-0.2, 0) is 18.4 Å². The Bertz CT molecular complexity index is 582. The van der Waals surface area contributed by atoms with Gasteiger partial charge in [0.25, 0.3) is 0 Å². The third-order valence-corrected chi connectivity index (χ3v) is 3.98. The average Bonchev–Trinajstić information content (AvgIpc) is 2.83. The van der Waals surface area contributed by atoms with Crippen LogP contribution in [0.5, 0.6) is 0 Å². The minimum atomic E-state index is -0.279. The van der Waals surface area contributed by atoms with Crippen molar-refractivity contribution in [2.75, 3.05) is 0 Å². The number of hydrogen-bond acceptors (Lipinski definition) is 3. The van der Waals surface area contributed by atoms with Gasteiger partial charge in [0.15, 0.2) is 5.16 Å². The molecule has 0 aliphatic heterocycles. The maximum Gasteiger partial charge on any atom is 0.233 e. The van der Waals surface area contributed by atoms with Gasteiger partial charge in [0.1, 0.15) is 5.82 Å². The second kappa shape index (κ2) is 6.56. The predicted molar refractivity (Wildman–Crippen MR) is 76.8 cm³/mol. The zero-order chi connectivity index (χ0) is 14.5. The Balaban J connectivity index is 1.85. The van der Waals surface area contributed by atoms with Gasteiger partial charge in [0.2, 0.25) is 5.91 Å². The fourth-order valence-corrected chi connectivity index (χ4v) is 2.47. The number of thioether (sulfide) groups is 1. The van der Waals surface area contributed by atoms with Crippen molar-refractivity contribution in [3.63, 3.8) is 0 Å². The van der Waals surface area contributed by atoms with Crippen molar-refractivity contribution >= 4 is 17.7 Å². The van der Waals surface area contributed by atoms with E-state index >= 15 is 0 Å². The number of nitrogens with one attached hydrogen (secondary N) is 1. The smallest absolute Gasteiger partial charge is 0.233 e. The molecule has 0 fully saturated rings. The molecule has 20 heavy (non-hydrogen) atoms. The summed E-state index contributed by atoms with van der Waals surface area (Å²) >= 11 is 1.40. The Morgan fingerprint density at radius 2 is 2.15 bits per heavy atom. The highest BCUT2D eigenvalue weighted by molar-refractivity contribution is 8.00. The molecule has 1 aromatic carbocycles. The minimum Gasteiger partial charge on any atom is -0.351 e. The topological polar surface area (TPSA) is 46.9 Å². The minimum absolute atomic E-state index is 0.0673. The van der Waals surface area contributed by atoms with Gasteiger partial charge < -0.3 is 9.88 Å². The van der Waals surface area contributed by atoms with Gasteiger partial charge in [0.05, 0.1) is 5.25 Å². The Morgan fingerprint density at radius 3 is 2.75 bits per heavy atom.